The molecule has 1 heterocycles. The molecule has 1 aliphatic heterocycles. The van der Waals surface area contributed by atoms with Crippen molar-refractivity contribution in [3.63, 3.8) is 0 Å². The number of halogens is 1. The quantitative estimate of drug-likeness (QED) is 0.590. The molecule has 0 aromatic heterocycles. The second-order valence-electron chi connectivity index (χ2n) is 2.31. The van der Waals surface area contributed by atoms with Crippen LogP contribution in [0.3, 0.4) is 0 Å². The van der Waals surface area contributed by atoms with E-state index in [0.717, 1.165) is 4.61 Å². The number of fused-ring (bicyclic) bond motifs is 1. The smallest absolute Gasteiger partial charge is 0.105 e. The Morgan fingerprint density at radius 2 is 2.00 bits per heavy atom. The minimum atomic E-state index is 0.982. The maximum Gasteiger partial charge on any atom is 0.105 e. The highest BCUT2D eigenvalue weighted by atomic mass is 79.9. The largest absolute Gasteiger partial charge is 0.307 e. The first-order valence-corrected chi connectivity index (χ1v) is 4.14. The van der Waals surface area contributed by atoms with E-state index in [9.17, 15) is 0 Å². The maximum absolute atomic E-state index is 3.41. The van der Waals surface area contributed by atoms with Gasteiger partial charge in [0.2, 0.25) is 0 Å². The molecule has 0 atom stereocenters. The molecule has 2 N–H and O–H groups in total. The zero-order chi connectivity index (χ0) is 7.68. The van der Waals surface area contributed by atoms with Crippen LogP contribution in [0.15, 0.2) is 24.3 Å². The van der Waals surface area contributed by atoms with E-state index in [1.165, 1.54) is 10.4 Å². The van der Waals surface area contributed by atoms with Crippen LogP contribution in [-0.4, -0.2) is 0 Å². The Kier molecular flexibility index (Phi) is 1.58. The zero-order valence-corrected chi connectivity index (χ0v) is 7.35. The number of benzene rings is 1. The topological polar surface area (TPSA) is 24.1 Å². The zero-order valence-electron chi connectivity index (χ0n) is 5.76. The van der Waals surface area contributed by atoms with Crippen molar-refractivity contribution in [1.29, 1.82) is 0 Å². The molecular formula is C8H7BrN2. The highest BCUT2D eigenvalue weighted by molar-refractivity contribution is 9.14. The summed E-state index contributed by atoms with van der Waals surface area (Å²) in [5.41, 5.74) is 5.90. The summed E-state index contributed by atoms with van der Waals surface area (Å²) >= 11 is 3.41. The Hall–Kier alpha value is -0.960. The van der Waals surface area contributed by atoms with Crippen LogP contribution in [0.25, 0.3) is 10.8 Å². The average Bonchev–Trinajstić information content (AvgIpc) is 2.06. The van der Waals surface area contributed by atoms with Gasteiger partial charge in [-0.2, -0.15) is 0 Å². The fourth-order valence-corrected chi connectivity index (χ4v) is 1.54. The lowest BCUT2D eigenvalue weighted by molar-refractivity contribution is 0.838. The van der Waals surface area contributed by atoms with Gasteiger partial charge < -0.3 is 5.43 Å². The van der Waals surface area contributed by atoms with E-state index in [4.69, 9.17) is 0 Å². The highest BCUT2D eigenvalue weighted by Crippen LogP contribution is 1.95. The third-order valence-corrected chi connectivity index (χ3v) is 2.23. The first kappa shape index (κ1) is 6.73. The molecule has 0 radical (unpaired) electrons. The van der Waals surface area contributed by atoms with Crippen LogP contribution in [0, 0.1) is 0 Å². The highest BCUT2D eigenvalue weighted by Gasteiger charge is 1.96. The van der Waals surface area contributed by atoms with Gasteiger partial charge in [0.05, 0.1) is 0 Å². The number of hydrazine groups is 1. The number of nitrogens with one attached hydrogen (secondary N) is 2. The maximum atomic E-state index is 3.41. The average molecular weight is 211 g/mol. The van der Waals surface area contributed by atoms with Crippen molar-refractivity contribution in [1.82, 2.24) is 10.9 Å². The van der Waals surface area contributed by atoms with E-state index in [0.29, 0.717) is 0 Å². The van der Waals surface area contributed by atoms with E-state index in [1.807, 2.05) is 18.3 Å². The molecule has 0 unspecified atom stereocenters. The summed E-state index contributed by atoms with van der Waals surface area (Å²) < 4.78 is 0.982. The third kappa shape index (κ3) is 1.12. The van der Waals surface area contributed by atoms with Crippen molar-refractivity contribution in [2.45, 2.75) is 0 Å². The Morgan fingerprint density at radius 1 is 1.18 bits per heavy atom. The molecule has 11 heavy (non-hydrogen) atoms. The lowest BCUT2D eigenvalue weighted by atomic mass is 10.2. The van der Waals surface area contributed by atoms with E-state index in [-0.39, 0.29) is 0 Å². The molecule has 0 saturated heterocycles. The van der Waals surface area contributed by atoms with Crippen LogP contribution in [0.5, 0.6) is 0 Å². The van der Waals surface area contributed by atoms with Gasteiger partial charge in [0.25, 0.3) is 0 Å². The van der Waals surface area contributed by atoms with Crippen LogP contribution < -0.4 is 21.3 Å². The Bertz CT molecular complexity index is 383. The number of hydrogen-bond acceptors (Lipinski definition) is 2. The molecule has 2 rings (SSSR count). The van der Waals surface area contributed by atoms with Crippen molar-refractivity contribution in [3.05, 3.63) is 34.7 Å². The van der Waals surface area contributed by atoms with E-state index < -0.39 is 0 Å². The molecule has 0 fully saturated rings. The van der Waals surface area contributed by atoms with Gasteiger partial charge in [0, 0.05) is 16.6 Å². The van der Waals surface area contributed by atoms with Gasteiger partial charge in [-0.1, -0.05) is 24.3 Å². The summed E-state index contributed by atoms with van der Waals surface area (Å²) in [6.07, 6.45) is 1.93. The standard InChI is InChI=1S/C8H7BrN2/c9-8-7-4-2-1-3-6(7)5-10-11-8/h1-5,10-11H. The van der Waals surface area contributed by atoms with Gasteiger partial charge in [-0.15, -0.1) is 0 Å². The van der Waals surface area contributed by atoms with Crippen LogP contribution in [0.2, 0.25) is 0 Å². The molecule has 0 spiro atoms. The molecule has 56 valence electrons. The monoisotopic (exact) mass is 210 g/mol. The van der Waals surface area contributed by atoms with Gasteiger partial charge in [0.15, 0.2) is 0 Å². The number of hydrogen-bond donors (Lipinski definition) is 2. The summed E-state index contributed by atoms with van der Waals surface area (Å²) in [5.74, 6) is 0. The fourth-order valence-electron chi connectivity index (χ4n) is 1.07. The molecular weight excluding hydrogens is 204 g/mol. The first-order valence-electron chi connectivity index (χ1n) is 3.34. The molecule has 1 aliphatic rings. The van der Waals surface area contributed by atoms with Crippen molar-refractivity contribution >= 4 is 26.7 Å². The SMILES string of the molecule is BrC1=c2ccccc2=CNN1. The minimum absolute atomic E-state index is 0.982. The number of rotatable bonds is 0. The van der Waals surface area contributed by atoms with Gasteiger partial charge >= 0.3 is 0 Å². The van der Waals surface area contributed by atoms with Gasteiger partial charge in [-0.3, -0.25) is 5.43 Å². The summed E-state index contributed by atoms with van der Waals surface area (Å²) in [6, 6.07) is 8.15. The first-order chi connectivity index (χ1) is 5.38. The van der Waals surface area contributed by atoms with Crippen LogP contribution in [0.4, 0.5) is 0 Å². The van der Waals surface area contributed by atoms with Crippen molar-refractivity contribution in [3.8, 4) is 0 Å². The predicted octanol–water partition coefficient (Wildman–Crippen LogP) is -0.00700. The molecule has 0 amide bonds. The van der Waals surface area contributed by atoms with Gasteiger partial charge in [0.1, 0.15) is 4.61 Å². The lowest BCUT2D eigenvalue weighted by Gasteiger charge is -2.08. The summed E-state index contributed by atoms with van der Waals surface area (Å²) in [7, 11) is 0. The summed E-state index contributed by atoms with van der Waals surface area (Å²) in [5, 5.41) is 2.38. The Morgan fingerprint density at radius 3 is 2.82 bits per heavy atom. The minimum Gasteiger partial charge on any atom is -0.307 e. The van der Waals surface area contributed by atoms with Crippen molar-refractivity contribution < 1.29 is 0 Å². The molecule has 1 aromatic rings. The van der Waals surface area contributed by atoms with Gasteiger partial charge in [-0.05, 0) is 15.9 Å². The third-order valence-electron chi connectivity index (χ3n) is 1.61. The molecule has 1 aromatic carbocycles. The normalized spacial score (nSPS) is 14.1. The predicted molar refractivity (Wildman–Crippen MR) is 48.8 cm³/mol. The molecule has 0 bridgehead atoms. The van der Waals surface area contributed by atoms with Crippen LogP contribution >= 0.6 is 15.9 Å². The Labute approximate surface area is 72.7 Å². The van der Waals surface area contributed by atoms with E-state index in [1.54, 1.807) is 0 Å². The van der Waals surface area contributed by atoms with Crippen molar-refractivity contribution in [2.24, 2.45) is 0 Å². The fraction of sp³-hybridized carbons (Fsp3) is 0. The van der Waals surface area contributed by atoms with Gasteiger partial charge in [-0.25, -0.2) is 0 Å². The molecule has 0 saturated carbocycles. The second kappa shape index (κ2) is 2.58. The molecule has 0 aliphatic carbocycles. The van der Waals surface area contributed by atoms with E-state index in [2.05, 4.69) is 38.9 Å². The molecule has 3 heteroatoms. The second-order valence-corrected chi connectivity index (χ2v) is 3.11. The van der Waals surface area contributed by atoms with Crippen molar-refractivity contribution in [2.75, 3.05) is 0 Å². The lowest BCUT2D eigenvalue weighted by Crippen LogP contribution is -2.41. The summed E-state index contributed by atoms with van der Waals surface area (Å²) in [4.78, 5) is 0. The Balaban J connectivity index is 2.89. The summed E-state index contributed by atoms with van der Waals surface area (Å²) in [6.45, 7) is 0. The van der Waals surface area contributed by atoms with Crippen LogP contribution in [0.1, 0.15) is 0 Å². The van der Waals surface area contributed by atoms with E-state index >= 15 is 0 Å². The molecule has 2 nitrogen and oxygen atoms in total. The van der Waals surface area contributed by atoms with Crippen LogP contribution in [-0.2, 0) is 0 Å².